The molecule has 0 aliphatic heterocycles. The second kappa shape index (κ2) is 6.56. The van der Waals surface area contributed by atoms with Crippen molar-refractivity contribution in [3.8, 4) is 5.75 Å². The average molecular weight is 274 g/mol. The third-order valence-electron chi connectivity index (χ3n) is 2.63. The number of nitrogens with two attached hydrogens (primary N) is 1. The molecule has 0 radical (unpaired) electrons. The molecule has 0 spiro atoms. The molecule has 0 saturated heterocycles. The SMILES string of the molecule is Nc1cccc(OCCNC(=O)c2ccccc2F)c1. The van der Waals surface area contributed by atoms with Gasteiger partial charge in [-0.15, -0.1) is 0 Å². The smallest absolute Gasteiger partial charge is 0.254 e. The van der Waals surface area contributed by atoms with Gasteiger partial charge in [-0.2, -0.15) is 0 Å². The molecule has 2 aromatic rings. The molecule has 0 atom stereocenters. The Morgan fingerprint density at radius 1 is 1.20 bits per heavy atom. The number of ether oxygens (including phenoxy) is 1. The highest BCUT2D eigenvalue weighted by Gasteiger charge is 2.09. The lowest BCUT2D eigenvalue weighted by molar-refractivity contribution is 0.0943. The number of nitrogens with one attached hydrogen (secondary N) is 1. The maximum absolute atomic E-state index is 13.4. The van der Waals surface area contributed by atoms with Gasteiger partial charge in [-0.25, -0.2) is 4.39 Å². The van der Waals surface area contributed by atoms with Crippen LogP contribution in [0.4, 0.5) is 10.1 Å². The quantitative estimate of drug-likeness (QED) is 0.649. The van der Waals surface area contributed by atoms with Gasteiger partial charge < -0.3 is 15.8 Å². The first-order valence-electron chi connectivity index (χ1n) is 6.18. The number of carbonyl (C=O) groups is 1. The molecule has 20 heavy (non-hydrogen) atoms. The van der Waals surface area contributed by atoms with Crippen molar-refractivity contribution < 1.29 is 13.9 Å². The van der Waals surface area contributed by atoms with Crippen LogP contribution >= 0.6 is 0 Å². The zero-order valence-electron chi connectivity index (χ0n) is 10.8. The van der Waals surface area contributed by atoms with Crippen LogP contribution in [-0.2, 0) is 0 Å². The van der Waals surface area contributed by atoms with E-state index in [1.807, 2.05) is 0 Å². The van der Waals surface area contributed by atoms with E-state index in [0.29, 0.717) is 11.4 Å². The summed E-state index contributed by atoms with van der Waals surface area (Å²) in [6, 6.07) is 12.8. The van der Waals surface area contributed by atoms with E-state index < -0.39 is 11.7 Å². The molecule has 0 aromatic heterocycles. The van der Waals surface area contributed by atoms with Crippen LogP contribution in [0.15, 0.2) is 48.5 Å². The topological polar surface area (TPSA) is 64.3 Å². The van der Waals surface area contributed by atoms with E-state index in [1.165, 1.54) is 18.2 Å². The van der Waals surface area contributed by atoms with Gasteiger partial charge in [0.25, 0.3) is 5.91 Å². The van der Waals surface area contributed by atoms with E-state index in [-0.39, 0.29) is 18.7 Å². The number of anilines is 1. The maximum Gasteiger partial charge on any atom is 0.254 e. The van der Waals surface area contributed by atoms with Crippen LogP contribution < -0.4 is 15.8 Å². The largest absolute Gasteiger partial charge is 0.492 e. The number of nitrogen functional groups attached to an aromatic ring is 1. The van der Waals surface area contributed by atoms with Crippen LogP contribution in [0.5, 0.6) is 5.75 Å². The van der Waals surface area contributed by atoms with Gasteiger partial charge in [-0.1, -0.05) is 18.2 Å². The monoisotopic (exact) mass is 274 g/mol. The van der Waals surface area contributed by atoms with Gasteiger partial charge in [0.15, 0.2) is 0 Å². The standard InChI is InChI=1S/C15H15FN2O2/c16-14-7-2-1-6-13(14)15(19)18-8-9-20-12-5-3-4-11(17)10-12/h1-7,10H,8-9,17H2,(H,18,19). The Hall–Kier alpha value is -2.56. The molecular weight excluding hydrogens is 259 g/mol. The van der Waals surface area contributed by atoms with E-state index in [9.17, 15) is 9.18 Å². The Bertz CT molecular complexity index is 602. The molecule has 3 N–H and O–H groups in total. The molecular formula is C15H15FN2O2. The molecule has 1 amide bonds. The van der Waals surface area contributed by atoms with Crippen molar-refractivity contribution in [2.45, 2.75) is 0 Å². The zero-order valence-corrected chi connectivity index (χ0v) is 10.8. The number of hydrogen-bond donors (Lipinski definition) is 2. The molecule has 0 fully saturated rings. The van der Waals surface area contributed by atoms with Crippen LogP contribution in [-0.4, -0.2) is 19.1 Å². The number of halogens is 1. The predicted molar refractivity (Wildman–Crippen MR) is 75.1 cm³/mol. The number of hydrogen-bond acceptors (Lipinski definition) is 3. The van der Waals surface area contributed by atoms with E-state index in [2.05, 4.69) is 5.32 Å². The van der Waals surface area contributed by atoms with Gasteiger partial charge in [-0.05, 0) is 24.3 Å². The van der Waals surface area contributed by atoms with E-state index >= 15 is 0 Å². The summed E-state index contributed by atoms with van der Waals surface area (Å²) >= 11 is 0. The second-order valence-corrected chi connectivity index (χ2v) is 4.16. The molecule has 2 aromatic carbocycles. The van der Waals surface area contributed by atoms with Crippen LogP contribution in [0, 0.1) is 5.82 Å². The molecule has 0 saturated carbocycles. The highest BCUT2D eigenvalue weighted by molar-refractivity contribution is 5.94. The summed E-state index contributed by atoms with van der Waals surface area (Å²) in [7, 11) is 0. The number of amides is 1. The first-order chi connectivity index (χ1) is 9.66. The minimum absolute atomic E-state index is 0.0245. The van der Waals surface area contributed by atoms with E-state index in [4.69, 9.17) is 10.5 Å². The lowest BCUT2D eigenvalue weighted by Gasteiger charge is -2.08. The molecule has 0 bridgehead atoms. The summed E-state index contributed by atoms with van der Waals surface area (Å²) in [5, 5.41) is 2.59. The normalized spacial score (nSPS) is 10.1. The molecule has 5 heteroatoms. The number of rotatable bonds is 5. The lowest BCUT2D eigenvalue weighted by Crippen LogP contribution is -2.28. The van der Waals surface area contributed by atoms with Crippen molar-refractivity contribution in [1.29, 1.82) is 0 Å². The van der Waals surface area contributed by atoms with Crippen LogP contribution in [0.25, 0.3) is 0 Å². The van der Waals surface area contributed by atoms with Gasteiger partial charge >= 0.3 is 0 Å². The Morgan fingerprint density at radius 3 is 2.75 bits per heavy atom. The lowest BCUT2D eigenvalue weighted by atomic mass is 10.2. The minimum atomic E-state index is -0.540. The first kappa shape index (κ1) is 13.9. The summed E-state index contributed by atoms with van der Waals surface area (Å²) in [6.45, 7) is 0.561. The number of benzene rings is 2. The summed E-state index contributed by atoms with van der Waals surface area (Å²) in [4.78, 5) is 11.7. The third-order valence-corrected chi connectivity index (χ3v) is 2.63. The average Bonchev–Trinajstić information content (AvgIpc) is 2.44. The fraction of sp³-hybridized carbons (Fsp3) is 0.133. The highest BCUT2D eigenvalue weighted by atomic mass is 19.1. The predicted octanol–water partition coefficient (Wildman–Crippen LogP) is 2.22. The van der Waals surface area contributed by atoms with Gasteiger partial charge in [0, 0.05) is 11.8 Å². The van der Waals surface area contributed by atoms with Crippen LogP contribution in [0.3, 0.4) is 0 Å². The summed E-state index contributed by atoms with van der Waals surface area (Å²) in [5.74, 6) is -0.369. The Kier molecular flexibility index (Phi) is 4.55. The summed E-state index contributed by atoms with van der Waals surface area (Å²) in [6.07, 6.45) is 0. The van der Waals surface area contributed by atoms with Gasteiger partial charge in [-0.3, -0.25) is 4.79 Å². The Balaban J connectivity index is 1.79. The molecule has 104 valence electrons. The summed E-state index contributed by atoms with van der Waals surface area (Å²) < 4.78 is 18.8. The van der Waals surface area contributed by atoms with Crippen molar-refractivity contribution in [1.82, 2.24) is 5.32 Å². The molecule has 0 aliphatic carbocycles. The van der Waals surface area contributed by atoms with Crippen molar-refractivity contribution in [3.05, 3.63) is 59.9 Å². The van der Waals surface area contributed by atoms with Crippen LogP contribution in [0.1, 0.15) is 10.4 Å². The molecule has 0 unspecified atom stereocenters. The fourth-order valence-corrected chi connectivity index (χ4v) is 1.68. The Labute approximate surface area is 116 Å². The van der Waals surface area contributed by atoms with Crippen molar-refractivity contribution >= 4 is 11.6 Å². The van der Waals surface area contributed by atoms with Gasteiger partial charge in [0.05, 0.1) is 12.1 Å². The van der Waals surface area contributed by atoms with E-state index in [0.717, 1.165) is 0 Å². The zero-order chi connectivity index (χ0) is 14.4. The van der Waals surface area contributed by atoms with E-state index in [1.54, 1.807) is 30.3 Å². The molecule has 4 nitrogen and oxygen atoms in total. The van der Waals surface area contributed by atoms with Crippen molar-refractivity contribution in [3.63, 3.8) is 0 Å². The number of carbonyl (C=O) groups excluding carboxylic acids is 1. The minimum Gasteiger partial charge on any atom is -0.492 e. The maximum atomic E-state index is 13.4. The Morgan fingerprint density at radius 2 is 2.00 bits per heavy atom. The van der Waals surface area contributed by atoms with Crippen molar-refractivity contribution in [2.24, 2.45) is 0 Å². The second-order valence-electron chi connectivity index (χ2n) is 4.16. The first-order valence-corrected chi connectivity index (χ1v) is 6.18. The summed E-state index contributed by atoms with van der Waals surface area (Å²) in [5.41, 5.74) is 6.25. The van der Waals surface area contributed by atoms with Crippen molar-refractivity contribution in [2.75, 3.05) is 18.9 Å². The van der Waals surface area contributed by atoms with Gasteiger partial charge in [0.1, 0.15) is 18.2 Å². The molecule has 2 rings (SSSR count). The van der Waals surface area contributed by atoms with Crippen LogP contribution in [0.2, 0.25) is 0 Å². The van der Waals surface area contributed by atoms with Gasteiger partial charge in [0.2, 0.25) is 0 Å². The molecule has 0 heterocycles. The third kappa shape index (κ3) is 3.71. The fourth-order valence-electron chi connectivity index (χ4n) is 1.68. The molecule has 0 aliphatic rings. The highest BCUT2D eigenvalue weighted by Crippen LogP contribution is 2.13.